The fourth-order valence-electron chi connectivity index (χ4n) is 2.10. The van der Waals surface area contributed by atoms with Crippen LogP contribution >= 0.6 is 0 Å². The first-order chi connectivity index (χ1) is 9.10. The smallest absolute Gasteiger partial charge is 0.232 e. The van der Waals surface area contributed by atoms with E-state index in [4.69, 9.17) is 4.52 Å². The van der Waals surface area contributed by atoms with Crippen molar-refractivity contribution in [2.24, 2.45) is 0 Å². The molecule has 0 aliphatic carbocycles. The van der Waals surface area contributed by atoms with Gasteiger partial charge in [-0.25, -0.2) is 0 Å². The van der Waals surface area contributed by atoms with Crippen LogP contribution in [0.2, 0.25) is 0 Å². The number of nitrogens with zero attached hydrogens (tertiary/aromatic N) is 2. The molecule has 0 radical (unpaired) electrons. The lowest BCUT2D eigenvalue weighted by Gasteiger charge is -2.12. The Balaban J connectivity index is 2.10. The van der Waals surface area contributed by atoms with Crippen LogP contribution in [-0.2, 0) is 6.42 Å². The van der Waals surface area contributed by atoms with Gasteiger partial charge < -0.3 is 9.63 Å². The number of benzene rings is 1. The molecule has 1 aromatic carbocycles. The van der Waals surface area contributed by atoms with Crippen molar-refractivity contribution in [1.82, 2.24) is 10.1 Å². The van der Waals surface area contributed by atoms with Crippen molar-refractivity contribution >= 4 is 0 Å². The molecule has 2 rings (SSSR count). The van der Waals surface area contributed by atoms with Crippen LogP contribution in [0.1, 0.15) is 49.0 Å². The van der Waals surface area contributed by atoms with Crippen LogP contribution in [0.15, 0.2) is 28.8 Å². The minimum absolute atomic E-state index is 0.0840. The third kappa shape index (κ3) is 3.41. The molecule has 1 N–H and O–H groups in total. The van der Waals surface area contributed by atoms with Crippen molar-refractivity contribution in [2.75, 3.05) is 0 Å². The van der Waals surface area contributed by atoms with E-state index in [1.807, 2.05) is 6.92 Å². The van der Waals surface area contributed by atoms with Gasteiger partial charge in [-0.3, -0.25) is 0 Å². The van der Waals surface area contributed by atoms with Gasteiger partial charge in [-0.2, -0.15) is 4.98 Å². The minimum Gasteiger partial charge on any atom is -0.393 e. The molecule has 0 bridgehead atoms. The highest BCUT2D eigenvalue weighted by atomic mass is 16.5. The van der Waals surface area contributed by atoms with Crippen LogP contribution < -0.4 is 0 Å². The first-order valence-corrected chi connectivity index (χ1v) is 6.66. The highest BCUT2D eigenvalue weighted by Gasteiger charge is 2.21. The van der Waals surface area contributed by atoms with E-state index in [-0.39, 0.29) is 5.92 Å². The zero-order valence-corrected chi connectivity index (χ0v) is 11.6. The number of aromatic nitrogens is 2. The number of rotatable bonds is 5. The predicted molar refractivity (Wildman–Crippen MR) is 73.0 cm³/mol. The van der Waals surface area contributed by atoms with Gasteiger partial charge in [0.05, 0.1) is 12.0 Å². The van der Waals surface area contributed by atoms with Crippen molar-refractivity contribution in [3.8, 4) is 0 Å². The predicted octanol–water partition coefficient (Wildman–Crippen LogP) is 2.84. The summed E-state index contributed by atoms with van der Waals surface area (Å²) in [5.41, 5.74) is 2.39. The quantitative estimate of drug-likeness (QED) is 0.898. The molecule has 1 heterocycles. The summed E-state index contributed by atoms with van der Waals surface area (Å²) >= 11 is 0. The lowest BCUT2D eigenvalue weighted by molar-refractivity contribution is 0.141. The second-order valence-electron chi connectivity index (χ2n) is 4.97. The summed E-state index contributed by atoms with van der Waals surface area (Å²) in [6.45, 7) is 5.81. The van der Waals surface area contributed by atoms with E-state index in [0.29, 0.717) is 18.1 Å². The van der Waals surface area contributed by atoms with Crippen LogP contribution in [-0.4, -0.2) is 21.4 Å². The molecular formula is C15H20N2O2. The second kappa shape index (κ2) is 5.97. The summed E-state index contributed by atoms with van der Waals surface area (Å²) in [5.74, 6) is 1.11. The van der Waals surface area contributed by atoms with Crippen molar-refractivity contribution in [3.05, 3.63) is 47.1 Å². The van der Waals surface area contributed by atoms with Crippen molar-refractivity contribution in [3.63, 3.8) is 0 Å². The number of hydrogen-bond donors (Lipinski definition) is 1. The zero-order valence-electron chi connectivity index (χ0n) is 11.6. The van der Waals surface area contributed by atoms with Gasteiger partial charge in [0.15, 0.2) is 5.82 Å². The molecule has 2 aromatic rings. The molecule has 0 saturated carbocycles. The van der Waals surface area contributed by atoms with Crippen molar-refractivity contribution in [2.45, 2.75) is 45.6 Å². The average molecular weight is 260 g/mol. The van der Waals surface area contributed by atoms with Gasteiger partial charge in [-0.1, -0.05) is 41.9 Å². The van der Waals surface area contributed by atoms with Gasteiger partial charge in [0.1, 0.15) is 0 Å². The van der Waals surface area contributed by atoms with Crippen LogP contribution in [0.4, 0.5) is 0 Å². The Morgan fingerprint density at radius 1 is 1.26 bits per heavy atom. The largest absolute Gasteiger partial charge is 0.393 e. The number of aryl methyl sites for hydroxylation is 1. The first-order valence-electron chi connectivity index (χ1n) is 6.66. The third-order valence-electron chi connectivity index (χ3n) is 3.31. The molecule has 0 spiro atoms. The Morgan fingerprint density at radius 3 is 2.53 bits per heavy atom. The fraction of sp³-hybridized carbons (Fsp3) is 0.467. The topological polar surface area (TPSA) is 59.2 Å². The van der Waals surface area contributed by atoms with E-state index in [0.717, 1.165) is 12.0 Å². The minimum atomic E-state index is -0.474. The summed E-state index contributed by atoms with van der Waals surface area (Å²) in [7, 11) is 0. The molecule has 0 aliphatic rings. The van der Waals surface area contributed by atoms with Gasteiger partial charge in [-0.15, -0.1) is 0 Å². The van der Waals surface area contributed by atoms with Gasteiger partial charge in [0.25, 0.3) is 0 Å². The van der Waals surface area contributed by atoms with Crippen LogP contribution in [0, 0.1) is 6.92 Å². The van der Waals surface area contributed by atoms with E-state index in [9.17, 15) is 5.11 Å². The van der Waals surface area contributed by atoms with Crippen LogP contribution in [0.5, 0.6) is 0 Å². The molecule has 19 heavy (non-hydrogen) atoms. The van der Waals surface area contributed by atoms with Gasteiger partial charge >= 0.3 is 0 Å². The summed E-state index contributed by atoms with van der Waals surface area (Å²) in [6.07, 6.45) is 0.960. The maximum Gasteiger partial charge on any atom is 0.232 e. The van der Waals surface area contributed by atoms with E-state index < -0.39 is 6.10 Å². The molecule has 0 saturated heterocycles. The molecule has 102 valence electrons. The Hall–Kier alpha value is -1.68. The molecule has 2 unspecified atom stereocenters. The van der Waals surface area contributed by atoms with E-state index in [1.165, 1.54) is 5.56 Å². The maximum absolute atomic E-state index is 9.67. The van der Waals surface area contributed by atoms with E-state index in [2.05, 4.69) is 41.3 Å². The molecule has 0 fully saturated rings. The number of aliphatic hydroxyl groups is 1. The van der Waals surface area contributed by atoms with E-state index in [1.54, 1.807) is 6.92 Å². The molecule has 2 atom stereocenters. The van der Waals surface area contributed by atoms with Gasteiger partial charge in [0, 0.05) is 6.42 Å². The Kier molecular flexibility index (Phi) is 4.32. The molecule has 0 amide bonds. The van der Waals surface area contributed by atoms with E-state index >= 15 is 0 Å². The van der Waals surface area contributed by atoms with Crippen molar-refractivity contribution in [1.29, 1.82) is 0 Å². The lowest BCUT2D eigenvalue weighted by atomic mass is 10.0. The second-order valence-corrected chi connectivity index (χ2v) is 4.97. The molecular weight excluding hydrogens is 240 g/mol. The summed E-state index contributed by atoms with van der Waals surface area (Å²) < 4.78 is 5.25. The van der Waals surface area contributed by atoms with Crippen LogP contribution in [0.25, 0.3) is 0 Å². The third-order valence-corrected chi connectivity index (χ3v) is 3.31. The standard InChI is InChI=1S/C15H20N2O2/c1-4-13(11(3)18)15-16-14(17-19-15)9-12-7-5-10(2)6-8-12/h5-8,11,13,18H,4,9H2,1-3H3. The highest BCUT2D eigenvalue weighted by molar-refractivity contribution is 5.23. The normalized spacial score (nSPS) is 14.3. The molecule has 1 aromatic heterocycles. The molecule has 4 heteroatoms. The Morgan fingerprint density at radius 2 is 1.95 bits per heavy atom. The lowest BCUT2D eigenvalue weighted by Crippen LogP contribution is -2.14. The van der Waals surface area contributed by atoms with Gasteiger partial charge in [0.2, 0.25) is 5.89 Å². The Bertz CT molecular complexity index is 517. The maximum atomic E-state index is 9.67. The average Bonchev–Trinajstić information content (AvgIpc) is 2.81. The first kappa shape index (κ1) is 13.7. The SMILES string of the molecule is CCC(c1nc(Cc2ccc(C)cc2)no1)C(C)O. The number of aliphatic hydroxyl groups excluding tert-OH is 1. The number of hydrogen-bond acceptors (Lipinski definition) is 4. The molecule has 0 aliphatic heterocycles. The summed E-state index contributed by atoms with van der Waals surface area (Å²) in [4.78, 5) is 4.38. The highest BCUT2D eigenvalue weighted by Crippen LogP contribution is 2.22. The fourth-order valence-corrected chi connectivity index (χ4v) is 2.10. The monoisotopic (exact) mass is 260 g/mol. The van der Waals surface area contributed by atoms with Gasteiger partial charge in [-0.05, 0) is 25.8 Å². The molecule has 4 nitrogen and oxygen atoms in total. The summed E-state index contributed by atoms with van der Waals surface area (Å²) in [5, 5.41) is 13.7. The Labute approximate surface area is 113 Å². The van der Waals surface area contributed by atoms with Crippen molar-refractivity contribution < 1.29 is 9.63 Å². The zero-order chi connectivity index (χ0) is 13.8. The van der Waals surface area contributed by atoms with Crippen LogP contribution in [0.3, 0.4) is 0 Å². The summed E-state index contributed by atoms with van der Waals surface area (Å²) in [6, 6.07) is 8.27.